The summed E-state index contributed by atoms with van der Waals surface area (Å²) in [6, 6.07) is 1.84. The van der Waals surface area contributed by atoms with E-state index in [1.165, 1.54) is 12.1 Å². The van der Waals surface area contributed by atoms with E-state index in [4.69, 9.17) is 10.2 Å². The van der Waals surface area contributed by atoms with Gasteiger partial charge in [-0.2, -0.15) is 0 Å². The summed E-state index contributed by atoms with van der Waals surface area (Å²) in [5, 5.41) is 36.7. The fraction of sp³-hybridized carbons (Fsp3) is 0.400. The maximum atomic E-state index is 12.1. The number of rotatable bonds is 9. The van der Waals surface area contributed by atoms with Crippen molar-refractivity contribution in [3.63, 3.8) is 0 Å². The van der Waals surface area contributed by atoms with E-state index in [9.17, 15) is 24.5 Å². The lowest BCUT2D eigenvalue weighted by atomic mass is 10.0. The van der Waals surface area contributed by atoms with Gasteiger partial charge in [-0.15, -0.1) is 0 Å². The highest BCUT2D eigenvalue weighted by Crippen LogP contribution is 2.35. The molecule has 0 aromatic heterocycles. The number of anilines is 2. The molecule has 1 aromatic rings. The van der Waals surface area contributed by atoms with Crippen LogP contribution in [0, 0.1) is 10.1 Å². The van der Waals surface area contributed by atoms with Crippen molar-refractivity contribution < 1.29 is 29.5 Å². The van der Waals surface area contributed by atoms with E-state index < -0.39 is 28.8 Å². The number of nitrogens with one attached hydrogen (secondary N) is 3. The second-order valence-corrected chi connectivity index (χ2v) is 5.75. The molecular weight excluding hydrogens is 348 g/mol. The molecule has 2 rings (SSSR count). The van der Waals surface area contributed by atoms with Crippen LogP contribution in [0.2, 0.25) is 0 Å². The first kappa shape index (κ1) is 19.1. The van der Waals surface area contributed by atoms with Crippen LogP contribution in [0.3, 0.4) is 0 Å². The zero-order valence-electron chi connectivity index (χ0n) is 13.7. The van der Waals surface area contributed by atoms with E-state index in [1.807, 2.05) is 0 Å². The van der Waals surface area contributed by atoms with Crippen LogP contribution in [0.4, 0.5) is 17.1 Å². The van der Waals surface area contributed by atoms with Gasteiger partial charge >= 0.3 is 11.9 Å². The number of aliphatic carboxylic acids is 2. The minimum absolute atomic E-state index is 0.0427. The molecule has 140 valence electrons. The third-order valence-electron chi connectivity index (χ3n) is 3.78. The Kier molecular flexibility index (Phi) is 6.07. The number of hydrogen-bond acceptors (Lipinski definition) is 7. The van der Waals surface area contributed by atoms with Crippen molar-refractivity contribution in [2.75, 3.05) is 17.2 Å². The maximum absolute atomic E-state index is 12.1. The topological polar surface area (TPSA) is 171 Å². The third-order valence-corrected chi connectivity index (χ3v) is 3.78. The van der Waals surface area contributed by atoms with Gasteiger partial charge < -0.3 is 26.2 Å². The highest BCUT2D eigenvalue weighted by atomic mass is 16.6. The molecule has 0 saturated heterocycles. The zero-order chi connectivity index (χ0) is 19.3. The summed E-state index contributed by atoms with van der Waals surface area (Å²) >= 11 is 0. The molecule has 1 unspecified atom stereocenters. The largest absolute Gasteiger partial charge is 0.481 e. The van der Waals surface area contributed by atoms with Crippen LogP contribution >= 0.6 is 0 Å². The summed E-state index contributed by atoms with van der Waals surface area (Å²) < 4.78 is 0. The Morgan fingerprint density at radius 1 is 1.27 bits per heavy atom. The Morgan fingerprint density at radius 2 is 2.00 bits per heavy atom. The highest BCUT2D eigenvalue weighted by molar-refractivity contribution is 6.04. The number of nitro groups is 1. The molecule has 11 heteroatoms. The Labute approximate surface area is 147 Å². The van der Waals surface area contributed by atoms with Crippen molar-refractivity contribution in [3.8, 4) is 0 Å². The van der Waals surface area contributed by atoms with Crippen molar-refractivity contribution in [2.24, 2.45) is 0 Å². The molecule has 1 aliphatic heterocycles. The summed E-state index contributed by atoms with van der Waals surface area (Å²) in [4.78, 5) is 43.9. The fourth-order valence-corrected chi connectivity index (χ4v) is 2.62. The van der Waals surface area contributed by atoms with Crippen LogP contribution in [-0.2, 0) is 20.9 Å². The molecule has 0 bridgehead atoms. The number of carboxylic acid groups (broad SMARTS) is 2. The van der Waals surface area contributed by atoms with Crippen LogP contribution in [0.1, 0.15) is 24.8 Å². The van der Waals surface area contributed by atoms with Gasteiger partial charge in [0.2, 0.25) is 5.91 Å². The number of non-ortho nitro benzene ring substituents is 1. The minimum Gasteiger partial charge on any atom is -0.481 e. The average Bonchev–Trinajstić information content (AvgIpc) is 2.54. The van der Waals surface area contributed by atoms with Gasteiger partial charge in [0.1, 0.15) is 6.04 Å². The number of hydrogen-bond donors (Lipinski definition) is 5. The number of carboxylic acids is 2. The lowest BCUT2D eigenvalue weighted by molar-refractivity contribution is -0.384. The molecule has 1 atom stereocenters. The van der Waals surface area contributed by atoms with Gasteiger partial charge in [-0.3, -0.25) is 24.5 Å². The van der Waals surface area contributed by atoms with E-state index in [0.717, 1.165) is 0 Å². The van der Waals surface area contributed by atoms with E-state index in [1.54, 1.807) is 0 Å². The van der Waals surface area contributed by atoms with Crippen LogP contribution < -0.4 is 16.0 Å². The van der Waals surface area contributed by atoms with Crippen molar-refractivity contribution in [1.82, 2.24) is 5.32 Å². The second-order valence-electron chi connectivity index (χ2n) is 5.75. The maximum Gasteiger partial charge on any atom is 0.317 e. The molecule has 1 aliphatic rings. The standard InChI is InChI=1S/C15H18N4O7/c20-12(21)3-1-2-10-15(24)18-11-5-9(19(25)26)4-8(14(11)17-10)6-16-7-13(22)23/h4-5,10,16-17H,1-3,6-7H2,(H,18,24)(H,20,21)(H,22,23). The van der Waals surface area contributed by atoms with Crippen molar-refractivity contribution in [2.45, 2.75) is 31.8 Å². The monoisotopic (exact) mass is 366 g/mol. The number of nitrogens with zero attached hydrogens (tertiary/aromatic N) is 1. The molecule has 0 aliphatic carbocycles. The molecule has 1 heterocycles. The van der Waals surface area contributed by atoms with E-state index >= 15 is 0 Å². The van der Waals surface area contributed by atoms with Crippen LogP contribution in [-0.4, -0.2) is 45.6 Å². The number of benzene rings is 1. The summed E-state index contributed by atoms with van der Waals surface area (Å²) in [6.07, 6.45) is 0.484. The van der Waals surface area contributed by atoms with E-state index in [-0.39, 0.29) is 43.7 Å². The molecule has 0 radical (unpaired) electrons. The zero-order valence-corrected chi connectivity index (χ0v) is 13.7. The predicted octanol–water partition coefficient (Wildman–Crippen LogP) is 0.756. The summed E-state index contributed by atoms with van der Waals surface area (Å²) in [6.45, 7) is -0.285. The molecule has 5 N–H and O–H groups in total. The number of fused-ring (bicyclic) bond motifs is 1. The van der Waals surface area contributed by atoms with Gasteiger partial charge in [0.15, 0.2) is 0 Å². The number of carbonyl (C=O) groups excluding carboxylic acids is 1. The number of carbonyl (C=O) groups is 3. The third kappa shape index (κ3) is 4.89. The Balaban J connectivity index is 2.23. The first-order valence-corrected chi connectivity index (χ1v) is 7.81. The average molecular weight is 366 g/mol. The summed E-state index contributed by atoms with van der Waals surface area (Å²) in [5.41, 5.74) is 0.875. The molecule has 1 amide bonds. The highest BCUT2D eigenvalue weighted by Gasteiger charge is 2.29. The van der Waals surface area contributed by atoms with Crippen LogP contribution in [0.5, 0.6) is 0 Å². The first-order valence-electron chi connectivity index (χ1n) is 7.81. The first-order chi connectivity index (χ1) is 12.3. The van der Waals surface area contributed by atoms with E-state index in [0.29, 0.717) is 11.3 Å². The smallest absolute Gasteiger partial charge is 0.317 e. The Hall–Kier alpha value is -3.21. The van der Waals surface area contributed by atoms with Gasteiger partial charge in [0.05, 0.1) is 22.8 Å². The van der Waals surface area contributed by atoms with Crippen molar-refractivity contribution in [3.05, 3.63) is 27.8 Å². The van der Waals surface area contributed by atoms with Crippen LogP contribution in [0.15, 0.2) is 12.1 Å². The molecular formula is C15H18N4O7. The molecule has 1 aromatic carbocycles. The van der Waals surface area contributed by atoms with Crippen molar-refractivity contribution >= 4 is 34.9 Å². The molecule has 26 heavy (non-hydrogen) atoms. The lowest BCUT2D eigenvalue weighted by Gasteiger charge is -2.28. The van der Waals surface area contributed by atoms with Gasteiger partial charge in [0.25, 0.3) is 5.69 Å². The van der Waals surface area contributed by atoms with Crippen molar-refractivity contribution in [1.29, 1.82) is 0 Å². The van der Waals surface area contributed by atoms with Crippen LogP contribution in [0.25, 0.3) is 0 Å². The van der Waals surface area contributed by atoms with Gasteiger partial charge in [-0.25, -0.2) is 0 Å². The Morgan fingerprint density at radius 3 is 2.62 bits per heavy atom. The predicted molar refractivity (Wildman–Crippen MR) is 90.0 cm³/mol. The lowest BCUT2D eigenvalue weighted by Crippen LogP contribution is -2.39. The summed E-state index contributed by atoms with van der Waals surface area (Å²) in [5.74, 6) is -2.44. The molecule has 0 fully saturated rings. The van der Waals surface area contributed by atoms with Gasteiger partial charge in [-0.05, 0) is 18.4 Å². The molecule has 0 spiro atoms. The fourth-order valence-electron chi connectivity index (χ4n) is 2.62. The molecule has 0 saturated carbocycles. The normalized spacial score (nSPS) is 15.5. The molecule has 11 nitrogen and oxygen atoms in total. The number of amides is 1. The quantitative estimate of drug-likeness (QED) is 0.312. The van der Waals surface area contributed by atoms with Gasteiger partial charge in [0, 0.05) is 25.1 Å². The van der Waals surface area contributed by atoms with E-state index in [2.05, 4.69) is 16.0 Å². The van der Waals surface area contributed by atoms with Gasteiger partial charge in [-0.1, -0.05) is 0 Å². The number of nitro benzene ring substituents is 1. The second kappa shape index (κ2) is 8.25. The minimum atomic E-state index is -1.07. The SMILES string of the molecule is O=C(O)CCCC1Nc2c(CNCC(=O)O)cc([N+](=O)[O-])cc2NC1=O. The summed E-state index contributed by atoms with van der Waals surface area (Å²) in [7, 11) is 0. The Bertz CT molecular complexity index is 750.